The number of carbonyl (C=O) groups excluding carboxylic acids is 2. The molecule has 166 valence electrons. The Bertz CT molecular complexity index is 624. The summed E-state index contributed by atoms with van der Waals surface area (Å²) in [5.41, 5.74) is 5.37. The standard InChI is InChI=1S/C24H41NO4/c1-22(2,3)14-18(23(4,5)6)21(27)28-19-13-15-11-16(19)17(12-15)20(26)29-24(25)9-7-8-10-24/h15-19H,7-14,25H2,1-6H3. The lowest BCUT2D eigenvalue weighted by Crippen LogP contribution is -2.45. The summed E-state index contributed by atoms with van der Waals surface area (Å²) in [6.07, 6.45) is 6.83. The number of hydrogen-bond acceptors (Lipinski definition) is 5. The first kappa shape index (κ1) is 22.6. The molecule has 0 radical (unpaired) electrons. The van der Waals surface area contributed by atoms with E-state index in [-0.39, 0.29) is 46.6 Å². The van der Waals surface area contributed by atoms with Crippen LogP contribution >= 0.6 is 0 Å². The molecule has 0 aromatic carbocycles. The molecule has 0 heterocycles. The van der Waals surface area contributed by atoms with Gasteiger partial charge in [0.15, 0.2) is 5.72 Å². The van der Waals surface area contributed by atoms with Crippen molar-refractivity contribution in [2.45, 2.75) is 105 Å². The minimum absolute atomic E-state index is 0.0503. The highest BCUT2D eigenvalue weighted by molar-refractivity contribution is 5.75. The van der Waals surface area contributed by atoms with Crippen LogP contribution in [0.25, 0.3) is 0 Å². The molecule has 5 atom stereocenters. The number of hydrogen-bond donors (Lipinski definition) is 1. The molecule has 0 aromatic rings. The van der Waals surface area contributed by atoms with Crippen molar-refractivity contribution < 1.29 is 19.1 Å². The monoisotopic (exact) mass is 407 g/mol. The largest absolute Gasteiger partial charge is 0.462 e. The number of carbonyl (C=O) groups is 2. The van der Waals surface area contributed by atoms with Crippen molar-refractivity contribution in [3.05, 3.63) is 0 Å². The Kier molecular flexibility index (Phi) is 6.12. The van der Waals surface area contributed by atoms with Gasteiger partial charge >= 0.3 is 11.9 Å². The molecule has 29 heavy (non-hydrogen) atoms. The Morgan fingerprint density at radius 1 is 1.03 bits per heavy atom. The second-order valence-corrected chi connectivity index (χ2v) is 12.2. The van der Waals surface area contributed by atoms with Gasteiger partial charge in [0.2, 0.25) is 0 Å². The van der Waals surface area contributed by atoms with E-state index >= 15 is 0 Å². The quantitative estimate of drug-likeness (QED) is 0.522. The van der Waals surface area contributed by atoms with Crippen molar-refractivity contribution in [1.82, 2.24) is 0 Å². The molecular weight excluding hydrogens is 366 g/mol. The first-order valence-corrected chi connectivity index (χ1v) is 11.5. The lowest BCUT2D eigenvalue weighted by atomic mass is 9.72. The van der Waals surface area contributed by atoms with Crippen LogP contribution in [-0.2, 0) is 19.1 Å². The summed E-state index contributed by atoms with van der Waals surface area (Å²) in [7, 11) is 0. The summed E-state index contributed by atoms with van der Waals surface area (Å²) >= 11 is 0. The second kappa shape index (κ2) is 7.86. The average Bonchev–Trinajstić information content (AvgIpc) is 3.26. The highest BCUT2D eigenvalue weighted by atomic mass is 16.6. The summed E-state index contributed by atoms with van der Waals surface area (Å²) in [6, 6.07) is 0. The Morgan fingerprint density at radius 3 is 2.17 bits per heavy atom. The smallest absolute Gasteiger partial charge is 0.311 e. The lowest BCUT2D eigenvalue weighted by Gasteiger charge is -2.36. The van der Waals surface area contributed by atoms with Crippen molar-refractivity contribution in [1.29, 1.82) is 0 Å². The van der Waals surface area contributed by atoms with Crippen LogP contribution in [0.5, 0.6) is 0 Å². The van der Waals surface area contributed by atoms with E-state index < -0.39 is 5.72 Å². The van der Waals surface area contributed by atoms with Crippen LogP contribution in [0.4, 0.5) is 0 Å². The predicted molar refractivity (Wildman–Crippen MR) is 113 cm³/mol. The normalized spacial score (nSPS) is 32.2. The molecule has 5 heteroatoms. The molecule has 2 N–H and O–H groups in total. The molecule has 3 fully saturated rings. The number of esters is 2. The number of ether oxygens (including phenoxy) is 2. The molecule has 0 saturated heterocycles. The van der Waals surface area contributed by atoms with Crippen LogP contribution < -0.4 is 5.73 Å². The molecule has 2 bridgehead atoms. The zero-order valence-electron chi connectivity index (χ0n) is 19.3. The van der Waals surface area contributed by atoms with Gasteiger partial charge in [-0.05, 0) is 55.3 Å². The molecule has 3 rings (SSSR count). The van der Waals surface area contributed by atoms with Gasteiger partial charge in [-0.15, -0.1) is 0 Å². The van der Waals surface area contributed by atoms with Gasteiger partial charge in [0, 0.05) is 18.8 Å². The summed E-state index contributed by atoms with van der Waals surface area (Å²) < 4.78 is 11.8. The van der Waals surface area contributed by atoms with Gasteiger partial charge in [0.05, 0.1) is 11.8 Å². The zero-order valence-corrected chi connectivity index (χ0v) is 19.3. The third kappa shape index (κ3) is 5.34. The van der Waals surface area contributed by atoms with Crippen LogP contribution in [0.1, 0.15) is 92.9 Å². The average molecular weight is 408 g/mol. The van der Waals surface area contributed by atoms with Gasteiger partial charge in [-0.3, -0.25) is 15.3 Å². The zero-order chi connectivity index (χ0) is 21.6. The minimum atomic E-state index is -0.783. The third-order valence-electron chi connectivity index (χ3n) is 7.22. The van der Waals surface area contributed by atoms with Gasteiger partial charge < -0.3 is 9.47 Å². The molecule has 3 saturated carbocycles. The van der Waals surface area contributed by atoms with E-state index in [1.165, 1.54) is 0 Å². The van der Waals surface area contributed by atoms with Crippen LogP contribution in [-0.4, -0.2) is 23.8 Å². The maximum atomic E-state index is 13.1. The van der Waals surface area contributed by atoms with Gasteiger partial charge in [-0.1, -0.05) is 41.5 Å². The molecular formula is C24H41NO4. The number of rotatable bonds is 5. The molecule has 0 aromatic heterocycles. The van der Waals surface area contributed by atoms with Crippen LogP contribution in [0.2, 0.25) is 0 Å². The van der Waals surface area contributed by atoms with E-state index in [1.54, 1.807) is 0 Å². The Labute approximate surface area is 176 Å². The van der Waals surface area contributed by atoms with E-state index in [2.05, 4.69) is 41.5 Å². The van der Waals surface area contributed by atoms with Gasteiger partial charge in [0.1, 0.15) is 6.10 Å². The van der Waals surface area contributed by atoms with Gasteiger partial charge in [0.25, 0.3) is 0 Å². The summed E-state index contributed by atoms with van der Waals surface area (Å²) in [5.74, 6) is -0.0888. The Morgan fingerprint density at radius 2 is 1.66 bits per heavy atom. The molecule has 3 aliphatic carbocycles. The van der Waals surface area contributed by atoms with Crippen LogP contribution in [0, 0.1) is 34.5 Å². The fourth-order valence-electron chi connectivity index (χ4n) is 5.63. The van der Waals surface area contributed by atoms with E-state index in [4.69, 9.17) is 15.2 Å². The number of fused-ring (bicyclic) bond motifs is 2. The molecule has 0 amide bonds. The molecule has 0 spiro atoms. The van der Waals surface area contributed by atoms with Crippen molar-refractivity contribution in [3.63, 3.8) is 0 Å². The molecule has 5 nitrogen and oxygen atoms in total. The van der Waals surface area contributed by atoms with E-state index in [9.17, 15) is 9.59 Å². The van der Waals surface area contributed by atoms with Crippen molar-refractivity contribution in [2.24, 2.45) is 40.2 Å². The maximum Gasteiger partial charge on any atom is 0.311 e. The summed E-state index contributed by atoms with van der Waals surface area (Å²) in [4.78, 5) is 26.0. The first-order chi connectivity index (χ1) is 13.3. The highest BCUT2D eigenvalue weighted by Crippen LogP contribution is 2.51. The Balaban J connectivity index is 1.64. The van der Waals surface area contributed by atoms with E-state index in [0.29, 0.717) is 5.92 Å². The van der Waals surface area contributed by atoms with Gasteiger partial charge in [-0.2, -0.15) is 0 Å². The topological polar surface area (TPSA) is 78.6 Å². The minimum Gasteiger partial charge on any atom is -0.462 e. The SMILES string of the molecule is CC(C)(C)CC(C(=O)OC1CC2CC(C(=O)OC3(N)CCCC3)C1C2)C(C)(C)C. The lowest BCUT2D eigenvalue weighted by molar-refractivity contribution is -0.174. The fraction of sp³-hybridized carbons (Fsp3) is 0.917. The van der Waals surface area contributed by atoms with E-state index in [1.807, 2.05) is 0 Å². The van der Waals surface area contributed by atoms with Gasteiger partial charge in [-0.25, -0.2) is 0 Å². The predicted octanol–water partition coefficient (Wildman–Crippen LogP) is 4.82. The van der Waals surface area contributed by atoms with Crippen LogP contribution in [0.15, 0.2) is 0 Å². The highest BCUT2D eigenvalue weighted by Gasteiger charge is 2.53. The molecule has 5 unspecified atom stereocenters. The molecule has 3 aliphatic rings. The van der Waals surface area contributed by atoms with Crippen molar-refractivity contribution in [3.8, 4) is 0 Å². The molecule has 0 aliphatic heterocycles. The van der Waals surface area contributed by atoms with Crippen molar-refractivity contribution >= 4 is 11.9 Å². The fourth-order valence-corrected chi connectivity index (χ4v) is 5.63. The summed E-state index contributed by atoms with van der Waals surface area (Å²) in [6.45, 7) is 12.8. The second-order valence-electron chi connectivity index (χ2n) is 12.2. The first-order valence-electron chi connectivity index (χ1n) is 11.5. The van der Waals surface area contributed by atoms with E-state index in [0.717, 1.165) is 51.4 Å². The summed E-state index contributed by atoms with van der Waals surface area (Å²) in [5, 5.41) is 0. The van der Waals surface area contributed by atoms with Crippen LogP contribution in [0.3, 0.4) is 0 Å². The third-order valence-corrected chi connectivity index (χ3v) is 7.22. The number of nitrogens with two attached hydrogens (primary N) is 1. The Hall–Kier alpha value is -1.10. The van der Waals surface area contributed by atoms with Crippen molar-refractivity contribution in [2.75, 3.05) is 0 Å². The maximum absolute atomic E-state index is 13.1.